The Bertz CT molecular complexity index is 506. The lowest BCUT2D eigenvalue weighted by atomic mass is 10.2. The van der Waals surface area contributed by atoms with Crippen molar-refractivity contribution >= 4 is 11.6 Å². The van der Waals surface area contributed by atoms with Gasteiger partial charge in [-0.05, 0) is 37.8 Å². The van der Waals surface area contributed by atoms with Crippen LogP contribution in [0.15, 0.2) is 29.3 Å². The third-order valence-corrected chi connectivity index (χ3v) is 4.28. The molecule has 0 amide bonds. The molecule has 1 atom stereocenters. The molecular weight excluding hydrogens is 278 g/mol. The number of aromatic hydroxyl groups is 1. The van der Waals surface area contributed by atoms with Crippen LogP contribution in [0.4, 0.5) is 5.69 Å². The van der Waals surface area contributed by atoms with Crippen LogP contribution in [0.3, 0.4) is 0 Å². The number of anilines is 1. The summed E-state index contributed by atoms with van der Waals surface area (Å²) in [6.45, 7) is 1.53. The maximum atomic E-state index is 9.59. The minimum atomic E-state index is 0.242. The van der Waals surface area contributed by atoms with E-state index in [1.165, 1.54) is 25.7 Å². The molecule has 2 aliphatic rings. The van der Waals surface area contributed by atoms with Crippen molar-refractivity contribution in [1.29, 1.82) is 0 Å². The highest BCUT2D eigenvalue weighted by molar-refractivity contribution is 5.94. The number of guanidine groups is 1. The highest BCUT2D eigenvalue weighted by atomic mass is 16.5. The molecule has 1 aromatic rings. The molecule has 120 valence electrons. The van der Waals surface area contributed by atoms with Gasteiger partial charge in [0, 0.05) is 24.4 Å². The molecule has 1 aromatic carbocycles. The predicted octanol–water partition coefficient (Wildman–Crippen LogP) is 2.87. The van der Waals surface area contributed by atoms with Crippen LogP contribution in [-0.4, -0.2) is 36.4 Å². The van der Waals surface area contributed by atoms with Crippen LogP contribution in [0.2, 0.25) is 0 Å². The summed E-state index contributed by atoms with van der Waals surface area (Å²) < 4.78 is 5.64. The molecule has 3 rings (SSSR count). The Morgan fingerprint density at radius 3 is 2.82 bits per heavy atom. The first-order valence-corrected chi connectivity index (χ1v) is 8.28. The van der Waals surface area contributed by atoms with Crippen molar-refractivity contribution < 1.29 is 9.84 Å². The van der Waals surface area contributed by atoms with E-state index in [4.69, 9.17) is 4.74 Å². The lowest BCUT2D eigenvalue weighted by Gasteiger charge is -2.18. The Hall–Kier alpha value is -1.75. The Morgan fingerprint density at radius 1 is 1.23 bits per heavy atom. The summed E-state index contributed by atoms with van der Waals surface area (Å²) in [5, 5.41) is 16.4. The molecule has 1 aliphatic heterocycles. The van der Waals surface area contributed by atoms with E-state index in [0.717, 1.165) is 31.1 Å². The van der Waals surface area contributed by atoms with Gasteiger partial charge in [0.25, 0.3) is 0 Å². The fraction of sp³-hybridized carbons (Fsp3) is 0.588. The minimum absolute atomic E-state index is 0.242. The molecule has 2 fully saturated rings. The van der Waals surface area contributed by atoms with Crippen LogP contribution in [-0.2, 0) is 4.74 Å². The predicted molar refractivity (Wildman–Crippen MR) is 88.4 cm³/mol. The Labute approximate surface area is 131 Å². The number of rotatable bonds is 4. The number of hydrogen-bond acceptors (Lipinski definition) is 3. The van der Waals surface area contributed by atoms with E-state index in [9.17, 15) is 5.11 Å². The van der Waals surface area contributed by atoms with Crippen molar-refractivity contribution in [3.05, 3.63) is 24.3 Å². The summed E-state index contributed by atoms with van der Waals surface area (Å²) in [6.07, 6.45) is 7.41. The van der Waals surface area contributed by atoms with Crippen LogP contribution >= 0.6 is 0 Å². The van der Waals surface area contributed by atoms with E-state index < -0.39 is 0 Å². The number of benzene rings is 1. The molecule has 1 unspecified atom stereocenters. The maximum Gasteiger partial charge on any atom is 0.196 e. The lowest BCUT2D eigenvalue weighted by molar-refractivity contribution is 0.118. The monoisotopic (exact) mass is 303 g/mol. The van der Waals surface area contributed by atoms with Crippen LogP contribution < -0.4 is 10.6 Å². The van der Waals surface area contributed by atoms with Gasteiger partial charge in [0.2, 0.25) is 0 Å². The zero-order valence-electron chi connectivity index (χ0n) is 12.9. The number of phenolic OH excluding ortho intramolecular Hbond substituents is 1. The smallest absolute Gasteiger partial charge is 0.196 e. The first-order valence-electron chi connectivity index (χ1n) is 8.28. The Balaban J connectivity index is 1.65. The van der Waals surface area contributed by atoms with Crippen molar-refractivity contribution in [2.24, 2.45) is 4.99 Å². The standard InChI is InChI=1S/C17H25N3O2/c21-15-8-3-7-14(11-15)20-17(19-13-5-1-2-6-13)18-12-16-9-4-10-22-16/h3,7-8,11,13,16,21H,1-2,4-6,9-10,12H2,(H2,18,19,20). The van der Waals surface area contributed by atoms with Gasteiger partial charge in [-0.15, -0.1) is 0 Å². The average molecular weight is 303 g/mol. The average Bonchev–Trinajstić information content (AvgIpc) is 3.18. The number of nitrogens with zero attached hydrogens (tertiary/aromatic N) is 1. The molecule has 0 spiro atoms. The normalized spacial score (nSPS) is 22.9. The van der Waals surface area contributed by atoms with Crippen LogP contribution in [0, 0.1) is 0 Å². The zero-order valence-corrected chi connectivity index (χ0v) is 12.9. The van der Waals surface area contributed by atoms with Crippen molar-refractivity contribution in [3.63, 3.8) is 0 Å². The van der Waals surface area contributed by atoms with E-state index >= 15 is 0 Å². The SMILES string of the molecule is Oc1cccc(NC(=NCC2CCCO2)NC2CCCC2)c1. The molecule has 3 N–H and O–H groups in total. The minimum Gasteiger partial charge on any atom is -0.508 e. The van der Waals surface area contributed by atoms with E-state index in [2.05, 4.69) is 15.6 Å². The largest absolute Gasteiger partial charge is 0.508 e. The summed E-state index contributed by atoms with van der Waals surface area (Å²) in [5.74, 6) is 1.04. The van der Waals surface area contributed by atoms with Crippen molar-refractivity contribution in [1.82, 2.24) is 5.32 Å². The van der Waals surface area contributed by atoms with Crippen LogP contribution in [0.5, 0.6) is 5.75 Å². The number of nitrogens with one attached hydrogen (secondary N) is 2. The molecule has 1 heterocycles. The molecule has 0 bridgehead atoms. The molecule has 5 heteroatoms. The summed E-state index contributed by atoms with van der Waals surface area (Å²) in [7, 11) is 0. The van der Waals surface area contributed by atoms with Gasteiger partial charge in [-0.3, -0.25) is 4.99 Å². The summed E-state index contributed by atoms with van der Waals surface area (Å²) in [5.41, 5.74) is 0.844. The fourth-order valence-corrected chi connectivity index (χ4v) is 3.09. The molecule has 22 heavy (non-hydrogen) atoms. The van der Waals surface area contributed by atoms with Gasteiger partial charge in [0.1, 0.15) is 5.75 Å². The van der Waals surface area contributed by atoms with Gasteiger partial charge in [0.05, 0.1) is 12.6 Å². The van der Waals surface area contributed by atoms with Crippen molar-refractivity contribution in [3.8, 4) is 5.75 Å². The second-order valence-electron chi connectivity index (χ2n) is 6.13. The second kappa shape index (κ2) is 7.49. The number of ether oxygens (including phenoxy) is 1. The van der Waals surface area contributed by atoms with Crippen LogP contribution in [0.1, 0.15) is 38.5 Å². The second-order valence-corrected chi connectivity index (χ2v) is 6.13. The van der Waals surface area contributed by atoms with Gasteiger partial charge in [-0.1, -0.05) is 18.9 Å². The van der Waals surface area contributed by atoms with Gasteiger partial charge in [-0.25, -0.2) is 0 Å². The first-order chi connectivity index (χ1) is 10.8. The molecule has 0 aromatic heterocycles. The van der Waals surface area contributed by atoms with Gasteiger partial charge in [-0.2, -0.15) is 0 Å². The summed E-state index contributed by atoms with van der Waals surface area (Å²) >= 11 is 0. The summed E-state index contributed by atoms with van der Waals surface area (Å²) in [6, 6.07) is 7.62. The number of phenols is 1. The molecule has 5 nitrogen and oxygen atoms in total. The molecule has 1 saturated carbocycles. The number of aliphatic imine (C=N–C) groups is 1. The number of hydrogen-bond donors (Lipinski definition) is 3. The van der Waals surface area contributed by atoms with E-state index in [0.29, 0.717) is 12.6 Å². The van der Waals surface area contributed by atoms with Crippen molar-refractivity contribution in [2.45, 2.75) is 50.7 Å². The van der Waals surface area contributed by atoms with Gasteiger partial charge < -0.3 is 20.5 Å². The maximum absolute atomic E-state index is 9.59. The fourth-order valence-electron chi connectivity index (χ4n) is 3.09. The first kappa shape index (κ1) is 15.2. The molecule has 1 saturated heterocycles. The third-order valence-electron chi connectivity index (χ3n) is 4.28. The zero-order chi connectivity index (χ0) is 15.2. The summed E-state index contributed by atoms with van der Waals surface area (Å²) in [4.78, 5) is 4.68. The highest BCUT2D eigenvalue weighted by Crippen LogP contribution is 2.19. The third kappa shape index (κ3) is 4.37. The van der Waals surface area contributed by atoms with E-state index in [-0.39, 0.29) is 11.9 Å². The molecule has 0 radical (unpaired) electrons. The van der Waals surface area contributed by atoms with E-state index in [1.807, 2.05) is 12.1 Å². The quantitative estimate of drug-likeness (QED) is 0.591. The Kier molecular flexibility index (Phi) is 5.16. The van der Waals surface area contributed by atoms with E-state index in [1.54, 1.807) is 12.1 Å². The molecular formula is C17H25N3O2. The van der Waals surface area contributed by atoms with Gasteiger partial charge >= 0.3 is 0 Å². The van der Waals surface area contributed by atoms with Crippen LogP contribution in [0.25, 0.3) is 0 Å². The van der Waals surface area contributed by atoms with Gasteiger partial charge in [0.15, 0.2) is 5.96 Å². The highest BCUT2D eigenvalue weighted by Gasteiger charge is 2.18. The molecule has 1 aliphatic carbocycles. The Morgan fingerprint density at radius 2 is 2.09 bits per heavy atom. The lowest BCUT2D eigenvalue weighted by Crippen LogP contribution is -2.38. The van der Waals surface area contributed by atoms with Crippen molar-refractivity contribution in [2.75, 3.05) is 18.5 Å². The topological polar surface area (TPSA) is 65.9 Å².